The second-order valence-electron chi connectivity index (χ2n) is 7.58. The molecule has 27 heavy (non-hydrogen) atoms. The van der Waals surface area contributed by atoms with E-state index in [4.69, 9.17) is 0 Å². The number of halogens is 1. The Kier molecular flexibility index (Phi) is 4.68. The van der Waals surface area contributed by atoms with Crippen LogP contribution in [0, 0.1) is 5.82 Å². The topological polar surface area (TPSA) is 49.4 Å². The van der Waals surface area contributed by atoms with Crippen LogP contribution in [0.4, 0.5) is 10.1 Å². The van der Waals surface area contributed by atoms with Crippen molar-refractivity contribution >= 4 is 17.5 Å². The molecule has 2 aromatic rings. The molecule has 140 valence electrons. The fraction of sp³-hybridized carbons (Fsp3) is 0.364. The van der Waals surface area contributed by atoms with E-state index < -0.39 is 0 Å². The van der Waals surface area contributed by atoms with Crippen molar-refractivity contribution in [3.8, 4) is 0 Å². The van der Waals surface area contributed by atoms with Crippen LogP contribution >= 0.6 is 0 Å². The van der Waals surface area contributed by atoms with Crippen LogP contribution in [0.15, 0.2) is 48.5 Å². The number of amides is 2. The molecule has 0 radical (unpaired) electrons. The zero-order valence-electron chi connectivity index (χ0n) is 15.3. The first-order chi connectivity index (χ1) is 13.0. The molecule has 2 heterocycles. The van der Waals surface area contributed by atoms with Crippen molar-refractivity contribution < 1.29 is 14.0 Å². The average Bonchev–Trinajstić information content (AvgIpc) is 2.91. The molecule has 0 aliphatic carbocycles. The standard InChI is InChI=1S/C22H23FN2O2/c1-14(26)24-19-8-4-16(5-9-19)22(27)25-20-10-11-21(25)13-17(12-20)15-2-6-18(23)7-3-15/h2-9,17,20-21H,10-13H2,1H3,(H,24,26)/t17-,20+,21-. The maximum absolute atomic E-state index is 13.2. The Morgan fingerprint density at radius 1 is 0.963 bits per heavy atom. The zero-order chi connectivity index (χ0) is 19.0. The van der Waals surface area contributed by atoms with Gasteiger partial charge in [-0.1, -0.05) is 12.1 Å². The molecule has 5 heteroatoms. The Labute approximate surface area is 158 Å². The monoisotopic (exact) mass is 366 g/mol. The highest BCUT2D eigenvalue weighted by Crippen LogP contribution is 2.43. The number of carbonyl (C=O) groups is 2. The summed E-state index contributed by atoms with van der Waals surface area (Å²) >= 11 is 0. The zero-order valence-corrected chi connectivity index (χ0v) is 15.3. The van der Waals surface area contributed by atoms with Crippen LogP contribution in [-0.4, -0.2) is 28.8 Å². The molecule has 2 aromatic carbocycles. The summed E-state index contributed by atoms with van der Waals surface area (Å²) in [7, 11) is 0. The maximum Gasteiger partial charge on any atom is 0.254 e. The molecule has 0 saturated carbocycles. The van der Waals surface area contributed by atoms with Crippen LogP contribution in [-0.2, 0) is 4.79 Å². The van der Waals surface area contributed by atoms with Crippen LogP contribution in [0.1, 0.15) is 54.4 Å². The third-order valence-electron chi connectivity index (χ3n) is 5.76. The third kappa shape index (κ3) is 3.59. The molecule has 4 rings (SSSR count). The van der Waals surface area contributed by atoms with E-state index in [0.29, 0.717) is 17.2 Å². The average molecular weight is 366 g/mol. The number of benzene rings is 2. The first-order valence-corrected chi connectivity index (χ1v) is 9.47. The number of piperidine rings is 1. The number of nitrogens with one attached hydrogen (secondary N) is 1. The van der Waals surface area contributed by atoms with Gasteiger partial charge in [0.15, 0.2) is 0 Å². The predicted molar refractivity (Wildman–Crippen MR) is 102 cm³/mol. The highest BCUT2D eigenvalue weighted by Gasteiger charge is 2.43. The summed E-state index contributed by atoms with van der Waals surface area (Å²) in [4.78, 5) is 26.3. The molecule has 0 aromatic heterocycles. The summed E-state index contributed by atoms with van der Waals surface area (Å²) in [5, 5.41) is 2.72. The van der Waals surface area contributed by atoms with Crippen molar-refractivity contribution in [1.29, 1.82) is 0 Å². The first-order valence-electron chi connectivity index (χ1n) is 9.47. The van der Waals surface area contributed by atoms with E-state index in [1.165, 1.54) is 24.6 Å². The number of nitrogens with zero attached hydrogens (tertiary/aromatic N) is 1. The first kappa shape index (κ1) is 17.7. The fourth-order valence-corrected chi connectivity index (χ4v) is 4.56. The number of carbonyl (C=O) groups excluding carboxylic acids is 2. The minimum absolute atomic E-state index is 0.0643. The van der Waals surface area contributed by atoms with E-state index >= 15 is 0 Å². The van der Waals surface area contributed by atoms with Gasteiger partial charge in [0.1, 0.15) is 5.82 Å². The Morgan fingerprint density at radius 3 is 2.11 bits per heavy atom. The SMILES string of the molecule is CC(=O)Nc1ccc(C(=O)N2[C@@H]3CC[C@H]2C[C@@H](c2ccc(F)cc2)C3)cc1. The van der Waals surface area contributed by atoms with Gasteiger partial charge in [0.05, 0.1) is 0 Å². The van der Waals surface area contributed by atoms with Crippen LogP contribution in [0.2, 0.25) is 0 Å². The van der Waals surface area contributed by atoms with Crippen LogP contribution in [0.3, 0.4) is 0 Å². The smallest absolute Gasteiger partial charge is 0.254 e. The summed E-state index contributed by atoms with van der Waals surface area (Å²) in [5.74, 6) is 0.107. The Balaban J connectivity index is 1.48. The molecule has 2 fully saturated rings. The second-order valence-corrected chi connectivity index (χ2v) is 7.58. The Bertz CT molecular complexity index is 834. The van der Waals surface area contributed by atoms with Gasteiger partial charge in [-0.3, -0.25) is 9.59 Å². The van der Waals surface area contributed by atoms with Crippen molar-refractivity contribution in [3.05, 3.63) is 65.5 Å². The van der Waals surface area contributed by atoms with E-state index in [1.54, 1.807) is 24.3 Å². The second kappa shape index (κ2) is 7.14. The van der Waals surface area contributed by atoms with Crippen LogP contribution < -0.4 is 5.32 Å². The summed E-state index contributed by atoms with van der Waals surface area (Å²) in [5.41, 5.74) is 2.51. The fourth-order valence-electron chi connectivity index (χ4n) is 4.56. The lowest BCUT2D eigenvalue weighted by Crippen LogP contribution is -2.46. The molecular formula is C22H23FN2O2. The van der Waals surface area contributed by atoms with Crippen molar-refractivity contribution in [2.45, 2.75) is 50.6 Å². The quantitative estimate of drug-likeness (QED) is 0.879. The van der Waals surface area contributed by atoms with Crippen LogP contribution in [0.25, 0.3) is 0 Å². The molecule has 2 aliphatic heterocycles. The van der Waals surface area contributed by atoms with Gasteiger partial charge >= 0.3 is 0 Å². The summed E-state index contributed by atoms with van der Waals surface area (Å²) in [6.45, 7) is 1.46. The molecular weight excluding hydrogens is 343 g/mol. The van der Waals surface area contributed by atoms with E-state index in [1.807, 2.05) is 17.0 Å². The van der Waals surface area contributed by atoms with E-state index in [0.717, 1.165) is 25.7 Å². The summed E-state index contributed by atoms with van der Waals surface area (Å²) in [6.07, 6.45) is 3.91. The van der Waals surface area contributed by atoms with Gasteiger partial charge in [0, 0.05) is 30.3 Å². The molecule has 4 nitrogen and oxygen atoms in total. The van der Waals surface area contributed by atoms with Crippen LogP contribution in [0.5, 0.6) is 0 Å². The van der Waals surface area contributed by atoms with Crippen molar-refractivity contribution in [2.24, 2.45) is 0 Å². The van der Waals surface area contributed by atoms with Gasteiger partial charge in [-0.25, -0.2) is 4.39 Å². The number of rotatable bonds is 3. The van der Waals surface area contributed by atoms with Gasteiger partial charge in [0.2, 0.25) is 5.91 Å². The normalized spacial score (nSPS) is 23.9. The van der Waals surface area contributed by atoms with E-state index in [-0.39, 0.29) is 29.7 Å². The molecule has 0 unspecified atom stereocenters. The summed E-state index contributed by atoms with van der Waals surface area (Å²) < 4.78 is 13.2. The maximum atomic E-state index is 13.2. The van der Waals surface area contributed by atoms with Gasteiger partial charge in [-0.15, -0.1) is 0 Å². The molecule has 1 N–H and O–H groups in total. The molecule has 2 aliphatic rings. The number of anilines is 1. The lowest BCUT2D eigenvalue weighted by Gasteiger charge is -2.39. The molecule has 2 bridgehead atoms. The van der Waals surface area contributed by atoms with E-state index in [9.17, 15) is 14.0 Å². The van der Waals surface area contributed by atoms with Gasteiger partial charge < -0.3 is 10.2 Å². The van der Waals surface area contributed by atoms with Gasteiger partial charge in [-0.2, -0.15) is 0 Å². The predicted octanol–water partition coefficient (Wildman–Crippen LogP) is 4.33. The van der Waals surface area contributed by atoms with Crippen molar-refractivity contribution in [1.82, 2.24) is 4.90 Å². The van der Waals surface area contributed by atoms with Gasteiger partial charge in [-0.05, 0) is 73.6 Å². The van der Waals surface area contributed by atoms with Gasteiger partial charge in [0.25, 0.3) is 5.91 Å². The minimum atomic E-state index is -0.211. The Morgan fingerprint density at radius 2 is 1.56 bits per heavy atom. The lowest BCUT2D eigenvalue weighted by atomic mass is 9.85. The summed E-state index contributed by atoms with van der Waals surface area (Å²) in [6, 6.07) is 14.3. The number of fused-ring (bicyclic) bond motifs is 2. The number of hydrogen-bond acceptors (Lipinski definition) is 2. The lowest BCUT2D eigenvalue weighted by molar-refractivity contribution is -0.114. The largest absolute Gasteiger partial charge is 0.333 e. The van der Waals surface area contributed by atoms with Crippen molar-refractivity contribution in [3.63, 3.8) is 0 Å². The highest BCUT2D eigenvalue weighted by molar-refractivity contribution is 5.96. The molecule has 0 spiro atoms. The minimum Gasteiger partial charge on any atom is -0.333 e. The van der Waals surface area contributed by atoms with E-state index in [2.05, 4.69) is 5.32 Å². The van der Waals surface area contributed by atoms with Crippen molar-refractivity contribution in [2.75, 3.05) is 5.32 Å². The molecule has 2 amide bonds. The highest BCUT2D eigenvalue weighted by atomic mass is 19.1. The molecule has 2 saturated heterocycles. The number of hydrogen-bond donors (Lipinski definition) is 1. The molecule has 3 atom stereocenters. The Hall–Kier alpha value is -2.69. The third-order valence-corrected chi connectivity index (χ3v) is 5.76.